The maximum atomic E-state index is 12.3. The molecule has 0 spiro atoms. The van der Waals surface area contributed by atoms with Crippen molar-refractivity contribution >= 4 is 12.1 Å². The van der Waals surface area contributed by atoms with Gasteiger partial charge >= 0.3 is 12.1 Å². The zero-order valence-corrected chi connectivity index (χ0v) is 14.1. The van der Waals surface area contributed by atoms with E-state index in [9.17, 15) is 14.7 Å². The van der Waals surface area contributed by atoms with Crippen molar-refractivity contribution in [1.29, 1.82) is 0 Å². The number of esters is 1. The van der Waals surface area contributed by atoms with Gasteiger partial charge in [-0.2, -0.15) is 0 Å². The molecule has 0 aromatic heterocycles. The van der Waals surface area contributed by atoms with Gasteiger partial charge in [-0.15, -0.1) is 0 Å². The summed E-state index contributed by atoms with van der Waals surface area (Å²) in [5.41, 5.74) is -1.39. The maximum absolute atomic E-state index is 12.3. The first-order valence-electron chi connectivity index (χ1n) is 7.37. The van der Waals surface area contributed by atoms with Gasteiger partial charge < -0.3 is 24.6 Å². The molecule has 128 valence electrons. The average Bonchev–Trinajstić information content (AvgIpc) is 2.67. The second-order valence-electron chi connectivity index (χ2n) is 7.43. The van der Waals surface area contributed by atoms with E-state index in [1.54, 1.807) is 41.5 Å². The Bertz CT molecular complexity index is 409. The van der Waals surface area contributed by atoms with E-state index in [1.165, 1.54) is 0 Å². The Hall–Kier alpha value is -1.34. The lowest BCUT2D eigenvalue weighted by molar-refractivity contribution is -0.160. The molecule has 1 rings (SSSR count). The third-order valence-corrected chi connectivity index (χ3v) is 2.85. The Morgan fingerprint density at radius 1 is 1.09 bits per heavy atom. The number of amides is 1. The number of nitrogens with one attached hydrogen (secondary N) is 1. The minimum atomic E-state index is -1.02. The van der Waals surface area contributed by atoms with Crippen molar-refractivity contribution in [2.24, 2.45) is 5.92 Å². The lowest BCUT2D eigenvalue weighted by atomic mass is 9.96. The molecule has 7 nitrogen and oxygen atoms in total. The molecule has 0 radical (unpaired) electrons. The van der Waals surface area contributed by atoms with Crippen LogP contribution >= 0.6 is 0 Å². The predicted molar refractivity (Wildman–Crippen MR) is 79.3 cm³/mol. The van der Waals surface area contributed by atoms with Crippen molar-refractivity contribution in [1.82, 2.24) is 5.32 Å². The number of aliphatic hydroxyl groups excluding tert-OH is 1. The molecular formula is C15H27NO6. The Balaban J connectivity index is 2.82. The first-order valence-corrected chi connectivity index (χ1v) is 7.37. The van der Waals surface area contributed by atoms with Gasteiger partial charge in [0.2, 0.25) is 0 Å². The zero-order valence-electron chi connectivity index (χ0n) is 14.1. The highest BCUT2D eigenvalue weighted by Gasteiger charge is 2.41. The highest BCUT2D eigenvalue weighted by Crippen LogP contribution is 2.21. The van der Waals surface area contributed by atoms with Crippen LogP contribution in [0.15, 0.2) is 0 Å². The third-order valence-electron chi connectivity index (χ3n) is 2.85. The van der Waals surface area contributed by atoms with Crippen molar-refractivity contribution in [2.45, 2.75) is 64.9 Å². The molecule has 1 saturated heterocycles. The van der Waals surface area contributed by atoms with E-state index in [4.69, 9.17) is 14.2 Å². The van der Waals surface area contributed by atoms with Crippen molar-refractivity contribution in [3.05, 3.63) is 0 Å². The van der Waals surface area contributed by atoms with Gasteiger partial charge in [0, 0.05) is 5.92 Å². The monoisotopic (exact) mass is 317 g/mol. The van der Waals surface area contributed by atoms with Crippen molar-refractivity contribution in [3.8, 4) is 0 Å². The van der Waals surface area contributed by atoms with Crippen LogP contribution < -0.4 is 5.32 Å². The highest BCUT2D eigenvalue weighted by molar-refractivity contribution is 5.82. The third kappa shape index (κ3) is 6.19. The summed E-state index contributed by atoms with van der Waals surface area (Å²) in [5, 5.41) is 12.4. The van der Waals surface area contributed by atoms with Crippen LogP contribution in [0.2, 0.25) is 0 Å². The van der Waals surface area contributed by atoms with E-state index in [0.29, 0.717) is 0 Å². The number of carbonyl (C=O) groups excluding carboxylic acids is 2. The van der Waals surface area contributed by atoms with Crippen LogP contribution in [-0.2, 0) is 19.0 Å². The van der Waals surface area contributed by atoms with Crippen LogP contribution in [0.25, 0.3) is 0 Å². The number of hydrogen-bond acceptors (Lipinski definition) is 6. The Labute approximate surface area is 131 Å². The van der Waals surface area contributed by atoms with Crippen LogP contribution in [0.1, 0.15) is 41.5 Å². The van der Waals surface area contributed by atoms with Crippen molar-refractivity contribution < 1.29 is 28.9 Å². The maximum Gasteiger partial charge on any atom is 0.408 e. The van der Waals surface area contributed by atoms with Crippen LogP contribution in [0.5, 0.6) is 0 Å². The molecule has 1 aliphatic heterocycles. The van der Waals surface area contributed by atoms with Gasteiger partial charge in [0.05, 0.1) is 19.3 Å². The van der Waals surface area contributed by atoms with E-state index in [1.807, 2.05) is 0 Å². The molecule has 22 heavy (non-hydrogen) atoms. The quantitative estimate of drug-likeness (QED) is 0.760. The average molecular weight is 317 g/mol. The molecule has 0 saturated carbocycles. The largest absolute Gasteiger partial charge is 0.458 e. The lowest BCUT2D eigenvalue weighted by Gasteiger charge is -2.29. The molecule has 1 fully saturated rings. The lowest BCUT2D eigenvalue weighted by Crippen LogP contribution is -2.52. The normalized spacial score (nSPS) is 23.8. The van der Waals surface area contributed by atoms with E-state index in [0.717, 1.165) is 0 Å². The van der Waals surface area contributed by atoms with Crippen molar-refractivity contribution in [2.75, 3.05) is 13.2 Å². The SMILES string of the molecule is CC(C)(C)OC(=O)NC(C(=O)OC(C)(C)C)[C@H]1COC[C@@H]1O. The van der Waals surface area contributed by atoms with Gasteiger partial charge in [-0.3, -0.25) is 0 Å². The summed E-state index contributed by atoms with van der Waals surface area (Å²) >= 11 is 0. The molecule has 1 aliphatic rings. The summed E-state index contributed by atoms with van der Waals surface area (Å²) in [5.74, 6) is -1.18. The van der Waals surface area contributed by atoms with Crippen LogP contribution in [-0.4, -0.2) is 53.7 Å². The summed E-state index contributed by atoms with van der Waals surface area (Å²) in [6, 6.07) is -1.02. The number of ether oxygens (including phenoxy) is 3. The Morgan fingerprint density at radius 2 is 1.64 bits per heavy atom. The van der Waals surface area contributed by atoms with Crippen LogP contribution in [0.4, 0.5) is 4.79 Å². The first-order chi connectivity index (χ1) is 9.89. The fraction of sp³-hybridized carbons (Fsp3) is 0.867. The van der Waals surface area contributed by atoms with Gasteiger partial charge in [-0.05, 0) is 41.5 Å². The number of hydrogen-bond donors (Lipinski definition) is 2. The van der Waals surface area contributed by atoms with Gasteiger partial charge in [-0.1, -0.05) is 0 Å². The fourth-order valence-corrected chi connectivity index (χ4v) is 2.02. The molecule has 0 aliphatic carbocycles. The number of carbonyl (C=O) groups is 2. The Morgan fingerprint density at radius 3 is 2.05 bits per heavy atom. The van der Waals surface area contributed by atoms with E-state index in [-0.39, 0.29) is 13.2 Å². The van der Waals surface area contributed by atoms with Crippen molar-refractivity contribution in [3.63, 3.8) is 0 Å². The molecule has 1 amide bonds. The summed E-state index contributed by atoms with van der Waals surface area (Å²) in [7, 11) is 0. The minimum Gasteiger partial charge on any atom is -0.458 e. The first kappa shape index (κ1) is 18.7. The highest BCUT2D eigenvalue weighted by atomic mass is 16.6. The topological polar surface area (TPSA) is 94.1 Å². The molecule has 1 unspecified atom stereocenters. The second-order valence-corrected chi connectivity index (χ2v) is 7.43. The summed E-state index contributed by atoms with van der Waals surface area (Å²) in [4.78, 5) is 24.3. The van der Waals surface area contributed by atoms with Gasteiger partial charge in [0.25, 0.3) is 0 Å². The summed E-state index contributed by atoms with van der Waals surface area (Å²) in [6.07, 6.45) is -1.57. The molecular weight excluding hydrogens is 290 g/mol. The molecule has 0 aromatic rings. The minimum absolute atomic E-state index is 0.125. The molecule has 0 bridgehead atoms. The number of aliphatic hydroxyl groups is 1. The van der Waals surface area contributed by atoms with Gasteiger partial charge in [-0.25, -0.2) is 9.59 Å². The second kappa shape index (κ2) is 6.83. The smallest absolute Gasteiger partial charge is 0.408 e. The van der Waals surface area contributed by atoms with Crippen LogP contribution in [0, 0.1) is 5.92 Å². The summed E-state index contributed by atoms with van der Waals surface area (Å²) < 4.78 is 15.6. The van der Waals surface area contributed by atoms with Gasteiger partial charge in [0.1, 0.15) is 17.2 Å². The molecule has 0 aromatic carbocycles. The number of alkyl carbamates (subject to hydrolysis) is 1. The molecule has 7 heteroatoms. The van der Waals surface area contributed by atoms with Crippen LogP contribution in [0.3, 0.4) is 0 Å². The number of rotatable bonds is 3. The molecule has 3 atom stereocenters. The van der Waals surface area contributed by atoms with E-state index >= 15 is 0 Å². The van der Waals surface area contributed by atoms with Gasteiger partial charge in [0.15, 0.2) is 0 Å². The van der Waals surface area contributed by atoms with E-state index < -0.39 is 41.3 Å². The molecule has 2 N–H and O–H groups in total. The standard InChI is InChI=1S/C15H27NO6/c1-14(2,3)21-12(18)11(9-7-20-8-10(9)17)16-13(19)22-15(4,5)6/h9-11,17H,7-8H2,1-6H3,(H,16,19)/t9-,10-,11?/m0/s1. The Kier molecular flexibility index (Phi) is 5.81. The zero-order chi connectivity index (χ0) is 17.1. The summed E-state index contributed by atoms with van der Waals surface area (Å²) in [6.45, 7) is 10.7. The molecule has 1 heterocycles. The predicted octanol–water partition coefficient (Wildman–Crippen LogP) is 1.23. The van der Waals surface area contributed by atoms with E-state index in [2.05, 4.69) is 5.32 Å². The fourth-order valence-electron chi connectivity index (χ4n) is 2.02.